The van der Waals surface area contributed by atoms with Crippen LogP contribution < -0.4 is 0 Å². The van der Waals surface area contributed by atoms with E-state index < -0.39 is 12.0 Å². The molecule has 0 bridgehead atoms. The van der Waals surface area contributed by atoms with Crippen LogP contribution in [0.4, 0.5) is 0 Å². The Labute approximate surface area is 179 Å². The number of hydrogen-bond acceptors (Lipinski definition) is 5. The lowest BCUT2D eigenvalue weighted by molar-refractivity contribution is -0.139. The molecule has 1 unspecified atom stereocenters. The SMILES string of the molecule is CCOC(=O)c1c(C)c(C(=O)C(C)N(CCCOC)C(=O)C2CCC2)c(C)n1CC. The predicted molar refractivity (Wildman–Crippen MR) is 115 cm³/mol. The maximum atomic E-state index is 13.6. The Morgan fingerprint density at radius 2 is 1.87 bits per heavy atom. The van der Waals surface area contributed by atoms with Gasteiger partial charge in [-0.2, -0.15) is 0 Å². The highest BCUT2D eigenvalue weighted by Crippen LogP contribution is 2.31. The molecule has 168 valence electrons. The number of ether oxygens (including phenoxy) is 2. The Bertz CT molecular complexity index is 779. The summed E-state index contributed by atoms with van der Waals surface area (Å²) in [7, 11) is 1.63. The van der Waals surface area contributed by atoms with Crippen molar-refractivity contribution >= 4 is 17.7 Å². The lowest BCUT2D eigenvalue weighted by Crippen LogP contribution is -2.48. The van der Waals surface area contributed by atoms with Gasteiger partial charge in [0.05, 0.1) is 12.6 Å². The van der Waals surface area contributed by atoms with Gasteiger partial charge in [-0.15, -0.1) is 0 Å². The molecule has 2 rings (SSSR count). The van der Waals surface area contributed by atoms with E-state index in [-0.39, 0.29) is 24.2 Å². The minimum atomic E-state index is -0.602. The van der Waals surface area contributed by atoms with Crippen molar-refractivity contribution in [3.05, 3.63) is 22.5 Å². The standard InChI is InChI=1S/C23H36N2O5/c1-7-24-16(4)19(15(3)20(24)23(28)30-8-2)21(26)17(5)25(13-10-14-29-6)22(27)18-11-9-12-18/h17-18H,7-14H2,1-6H3. The summed E-state index contributed by atoms with van der Waals surface area (Å²) in [4.78, 5) is 40.8. The number of Topliss-reactive ketones (excluding diaryl/α,β-unsaturated/α-hetero) is 1. The molecule has 1 atom stereocenters. The summed E-state index contributed by atoms with van der Waals surface area (Å²) in [6, 6.07) is -0.602. The van der Waals surface area contributed by atoms with Crippen molar-refractivity contribution < 1.29 is 23.9 Å². The number of amides is 1. The molecule has 1 aromatic heterocycles. The second-order valence-corrected chi connectivity index (χ2v) is 7.94. The monoisotopic (exact) mass is 420 g/mol. The Morgan fingerprint density at radius 1 is 1.20 bits per heavy atom. The zero-order valence-electron chi connectivity index (χ0n) is 19.2. The van der Waals surface area contributed by atoms with Crippen LogP contribution in [0.25, 0.3) is 0 Å². The Balaban J connectivity index is 2.37. The van der Waals surface area contributed by atoms with Crippen LogP contribution in [0.5, 0.6) is 0 Å². The lowest BCUT2D eigenvalue weighted by atomic mass is 9.83. The highest BCUT2D eigenvalue weighted by molar-refractivity contribution is 6.06. The number of methoxy groups -OCH3 is 1. The molecule has 7 heteroatoms. The zero-order chi connectivity index (χ0) is 22.4. The molecule has 1 heterocycles. The minimum absolute atomic E-state index is 0.0142. The van der Waals surface area contributed by atoms with Crippen LogP contribution in [0, 0.1) is 19.8 Å². The van der Waals surface area contributed by atoms with Gasteiger partial charge in [-0.1, -0.05) is 6.42 Å². The molecule has 7 nitrogen and oxygen atoms in total. The van der Waals surface area contributed by atoms with Gasteiger partial charge in [-0.25, -0.2) is 4.79 Å². The number of carbonyl (C=O) groups is 3. The molecule has 1 aliphatic carbocycles. The van der Waals surface area contributed by atoms with E-state index in [9.17, 15) is 14.4 Å². The van der Waals surface area contributed by atoms with E-state index in [2.05, 4.69) is 0 Å². The molecule has 30 heavy (non-hydrogen) atoms. The van der Waals surface area contributed by atoms with Crippen molar-refractivity contribution in [1.29, 1.82) is 0 Å². The third kappa shape index (κ3) is 4.77. The van der Waals surface area contributed by atoms with Gasteiger partial charge in [0.1, 0.15) is 5.69 Å². The normalized spacial score (nSPS) is 14.9. The minimum Gasteiger partial charge on any atom is -0.461 e. The van der Waals surface area contributed by atoms with Gasteiger partial charge in [0.25, 0.3) is 0 Å². The largest absolute Gasteiger partial charge is 0.461 e. The molecule has 0 aliphatic heterocycles. The van der Waals surface area contributed by atoms with Crippen molar-refractivity contribution in [2.75, 3.05) is 26.9 Å². The van der Waals surface area contributed by atoms with E-state index in [1.807, 2.05) is 18.4 Å². The summed E-state index contributed by atoms with van der Waals surface area (Å²) in [5, 5.41) is 0. The second kappa shape index (κ2) is 10.8. The Kier molecular flexibility index (Phi) is 8.65. The molecular formula is C23H36N2O5. The topological polar surface area (TPSA) is 77.8 Å². The van der Waals surface area contributed by atoms with Gasteiger partial charge in [0.2, 0.25) is 5.91 Å². The van der Waals surface area contributed by atoms with Gasteiger partial charge >= 0.3 is 5.97 Å². The van der Waals surface area contributed by atoms with Crippen molar-refractivity contribution in [3.8, 4) is 0 Å². The quantitative estimate of drug-likeness (QED) is 0.311. The van der Waals surface area contributed by atoms with Crippen LogP contribution >= 0.6 is 0 Å². The highest BCUT2D eigenvalue weighted by Gasteiger charge is 2.36. The number of rotatable bonds is 11. The van der Waals surface area contributed by atoms with Crippen LogP contribution in [-0.2, 0) is 20.8 Å². The third-order valence-electron chi connectivity index (χ3n) is 6.13. The first-order valence-corrected chi connectivity index (χ1v) is 11.0. The molecule has 0 aromatic carbocycles. The number of ketones is 1. The maximum Gasteiger partial charge on any atom is 0.355 e. The summed E-state index contributed by atoms with van der Waals surface area (Å²) < 4.78 is 12.2. The molecule has 0 radical (unpaired) electrons. The number of hydrogen-bond donors (Lipinski definition) is 0. The maximum absolute atomic E-state index is 13.6. The van der Waals surface area contributed by atoms with E-state index in [1.165, 1.54) is 0 Å². The lowest BCUT2D eigenvalue weighted by Gasteiger charge is -2.35. The van der Waals surface area contributed by atoms with Crippen LogP contribution in [0.3, 0.4) is 0 Å². The van der Waals surface area contributed by atoms with E-state index in [1.54, 1.807) is 32.8 Å². The zero-order valence-corrected chi connectivity index (χ0v) is 19.2. The summed E-state index contributed by atoms with van der Waals surface area (Å²) >= 11 is 0. The van der Waals surface area contributed by atoms with E-state index in [0.29, 0.717) is 42.9 Å². The summed E-state index contributed by atoms with van der Waals surface area (Å²) in [6.07, 6.45) is 3.51. The Hall–Kier alpha value is -2.15. The van der Waals surface area contributed by atoms with Crippen LogP contribution in [0.1, 0.15) is 78.6 Å². The van der Waals surface area contributed by atoms with E-state index >= 15 is 0 Å². The molecule has 1 aromatic rings. The van der Waals surface area contributed by atoms with Gasteiger partial charge in [-0.05, 0) is 59.4 Å². The van der Waals surface area contributed by atoms with Crippen LogP contribution in [-0.4, -0.2) is 60.0 Å². The number of aromatic nitrogens is 1. The molecule has 0 saturated heterocycles. The van der Waals surface area contributed by atoms with Gasteiger partial charge in [0.15, 0.2) is 5.78 Å². The first-order valence-electron chi connectivity index (χ1n) is 11.0. The first-order chi connectivity index (χ1) is 14.3. The second-order valence-electron chi connectivity index (χ2n) is 7.94. The fourth-order valence-electron chi connectivity index (χ4n) is 4.23. The predicted octanol–water partition coefficient (Wildman–Crippen LogP) is 3.54. The highest BCUT2D eigenvalue weighted by atomic mass is 16.5. The van der Waals surface area contributed by atoms with Crippen molar-refractivity contribution in [2.45, 2.75) is 72.9 Å². The fraction of sp³-hybridized carbons (Fsp3) is 0.696. The van der Waals surface area contributed by atoms with Crippen molar-refractivity contribution in [1.82, 2.24) is 9.47 Å². The first kappa shape index (κ1) is 24.1. The van der Waals surface area contributed by atoms with Gasteiger partial charge in [-0.3, -0.25) is 9.59 Å². The molecule has 1 saturated carbocycles. The van der Waals surface area contributed by atoms with Gasteiger partial charge in [0, 0.05) is 44.0 Å². The summed E-state index contributed by atoms with van der Waals surface area (Å²) in [6.45, 7) is 11.0. The molecule has 0 spiro atoms. The third-order valence-corrected chi connectivity index (χ3v) is 6.13. The van der Waals surface area contributed by atoms with Gasteiger partial charge < -0.3 is 18.9 Å². The Morgan fingerprint density at radius 3 is 2.37 bits per heavy atom. The smallest absolute Gasteiger partial charge is 0.355 e. The summed E-state index contributed by atoms with van der Waals surface area (Å²) in [5.41, 5.74) is 2.30. The molecule has 1 fully saturated rings. The number of esters is 1. The number of nitrogens with zero attached hydrogens (tertiary/aromatic N) is 2. The summed E-state index contributed by atoms with van der Waals surface area (Å²) in [5.74, 6) is -0.489. The van der Waals surface area contributed by atoms with Crippen molar-refractivity contribution in [3.63, 3.8) is 0 Å². The molecular weight excluding hydrogens is 384 g/mol. The average molecular weight is 421 g/mol. The molecule has 0 N–H and O–H groups in total. The average Bonchev–Trinajstić information content (AvgIpc) is 2.92. The van der Waals surface area contributed by atoms with Crippen LogP contribution in [0.2, 0.25) is 0 Å². The number of carbonyl (C=O) groups excluding carboxylic acids is 3. The van der Waals surface area contributed by atoms with E-state index in [4.69, 9.17) is 9.47 Å². The van der Waals surface area contributed by atoms with E-state index in [0.717, 1.165) is 25.0 Å². The fourth-order valence-corrected chi connectivity index (χ4v) is 4.23. The van der Waals surface area contributed by atoms with Crippen molar-refractivity contribution in [2.24, 2.45) is 5.92 Å². The van der Waals surface area contributed by atoms with Crippen LogP contribution in [0.15, 0.2) is 0 Å². The molecule has 1 aliphatic rings. The molecule has 1 amide bonds.